The predicted octanol–water partition coefficient (Wildman–Crippen LogP) is -0.957. The number of aryl methyl sites for hydroxylation is 2. The summed E-state index contributed by atoms with van der Waals surface area (Å²) >= 11 is 0. The second-order valence-corrected chi connectivity index (χ2v) is 4.29. The third-order valence-electron chi connectivity index (χ3n) is 2.53. The van der Waals surface area contributed by atoms with Gasteiger partial charge in [-0.25, -0.2) is 9.97 Å². The Morgan fingerprint density at radius 2 is 1.46 bits per heavy atom. The Morgan fingerprint density at radius 3 is 1.58 bits per heavy atom. The largest absolute Gasteiger partial charge is 0.565 e. The van der Waals surface area contributed by atoms with Crippen LogP contribution in [0, 0.1) is 0 Å². The van der Waals surface area contributed by atoms with Gasteiger partial charge in [0.1, 0.15) is 6.42 Å². The van der Waals surface area contributed by atoms with Crippen LogP contribution >= 0.6 is 0 Å². The van der Waals surface area contributed by atoms with Crippen molar-refractivity contribution >= 4 is 11.9 Å². The molecule has 10 heteroatoms. The molecule has 0 aliphatic heterocycles. The summed E-state index contributed by atoms with van der Waals surface area (Å²) in [6.45, 7) is 6.20. The predicted molar refractivity (Wildman–Crippen MR) is 83.7 cm³/mol. The van der Waals surface area contributed by atoms with Gasteiger partial charge in [-0.15, -0.1) is 0 Å². The topological polar surface area (TPSA) is 136 Å². The summed E-state index contributed by atoms with van der Waals surface area (Å²) in [7, 11) is 0. The van der Waals surface area contributed by atoms with E-state index < -0.39 is 24.5 Å². The van der Waals surface area contributed by atoms with Crippen molar-refractivity contribution in [1.82, 2.24) is 19.1 Å². The molecule has 0 fully saturated rings. The molecule has 5 N–H and O–H groups in total. The molecule has 2 aromatic rings. The molecule has 9 nitrogen and oxygen atoms in total. The Morgan fingerprint density at radius 1 is 1.04 bits per heavy atom. The molecule has 138 valence electrons. The monoisotopic (exact) mass is 523 g/mol. The number of carbonyl (C=O) groups excluding carboxylic acids is 2. The molecule has 0 aliphatic rings. The summed E-state index contributed by atoms with van der Waals surface area (Å²) in [5, 5.41) is 20.9. The molecule has 2 aromatic heterocycles. The van der Waals surface area contributed by atoms with Crippen molar-refractivity contribution in [3.8, 4) is 0 Å². The van der Waals surface area contributed by atoms with E-state index in [1.807, 2.05) is 21.5 Å². The van der Waals surface area contributed by atoms with E-state index in [0.29, 0.717) is 0 Å². The second-order valence-electron chi connectivity index (χ2n) is 4.29. The summed E-state index contributed by atoms with van der Waals surface area (Å²) in [6.07, 6.45) is 8.87. The molecular weight excluding hydrogens is 499 g/mol. The molecule has 2 rings (SSSR count). The fourth-order valence-corrected chi connectivity index (χ4v) is 1.22. The number of hydrogen-bond donors (Lipinski definition) is 1. The summed E-state index contributed by atoms with van der Waals surface area (Å²) in [5.41, 5.74) is 0. The first-order valence-corrected chi connectivity index (χ1v) is 7.00. The van der Waals surface area contributed by atoms with Crippen LogP contribution in [0.15, 0.2) is 37.4 Å². The van der Waals surface area contributed by atoms with Crippen molar-refractivity contribution in [3.05, 3.63) is 37.4 Å². The van der Waals surface area contributed by atoms with Crippen LogP contribution in [0.5, 0.6) is 0 Å². The fourth-order valence-electron chi connectivity index (χ4n) is 1.22. The summed E-state index contributed by atoms with van der Waals surface area (Å²) in [4.78, 5) is 27.4. The van der Waals surface area contributed by atoms with Gasteiger partial charge in [-0.2, -0.15) is 0 Å². The first kappa shape index (κ1) is 24.3. The van der Waals surface area contributed by atoms with E-state index in [1.54, 1.807) is 25.0 Å². The van der Waals surface area contributed by atoms with Crippen molar-refractivity contribution in [1.29, 1.82) is 0 Å². The number of imidazole rings is 2. The second kappa shape index (κ2) is 14.6. The van der Waals surface area contributed by atoms with Crippen LogP contribution in [-0.4, -0.2) is 52.5 Å². The van der Waals surface area contributed by atoms with E-state index in [1.165, 1.54) is 0 Å². The van der Waals surface area contributed by atoms with Gasteiger partial charge in [-0.05, 0) is 13.8 Å². The standard InChI is InChI=1S/2C5H8N2.C4H6O5.Pt/c2*1-2-7-4-3-6-5-7;5-2(4(8)9)1-3(6)7;/h2*3-5H,2H2,1H3;2,5H,1H2,(H,6,7)(H,8,9);/p+2. The van der Waals surface area contributed by atoms with Gasteiger partial charge in [0.15, 0.2) is 0 Å². The van der Waals surface area contributed by atoms with E-state index >= 15 is 0 Å². The number of aliphatic hydroxyl groups excluding tert-OH is 1. The molecule has 0 aromatic carbocycles. The number of aromatic nitrogens is 4. The molecule has 0 spiro atoms. The van der Waals surface area contributed by atoms with Gasteiger partial charge in [0.05, 0.1) is 12.7 Å². The zero-order chi connectivity index (χ0) is 17.7. The average molecular weight is 523 g/mol. The Hall–Kier alpha value is -1.99. The number of aliphatic hydroxyl groups is 1. The summed E-state index contributed by atoms with van der Waals surface area (Å²) in [5.74, 6) is -2.27. The molecule has 24 heavy (non-hydrogen) atoms. The van der Waals surface area contributed by atoms with Crippen LogP contribution in [-0.2, 0) is 43.7 Å². The van der Waals surface area contributed by atoms with Crippen LogP contribution in [0.3, 0.4) is 0 Å². The van der Waals surface area contributed by atoms with E-state index in [0.717, 1.165) is 13.1 Å². The number of carbonyl (C=O) groups is 2. The van der Waals surface area contributed by atoms with Gasteiger partial charge < -0.3 is 24.5 Å². The van der Waals surface area contributed by atoms with E-state index in [4.69, 9.17) is 15.3 Å². The van der Waals surface area contributed by atoms with Crippen molar-refractivity contribution in [2.45, 2.75) is 39.5 Å². The van der Waals surface area contributed by atoms with Crippen LogP contribution in [0.25, 0.3) is 0 Å². The normalized spacial score (nSPS) is 10.1. The molecule has 0 bridgehead atoms. The molecule has 0 saturated heterocycles. The molecule has 0 saturated carbocycles. The maximum absolute atomic E-state index is 9.86. The molecular formula is C14H24N4O5Pt+2. The van der Waals surface area contributed by atoms with Gasteiger partial charge in [-0.3, -0.25) is 0 Å². The molecule has 0 aliphatic carbocycles. The minimum Gasteiger partial charge on any atom is -0.565 e. The minimum atomic E-state index is -1.62. The zero-order valence-corrected chi connectivity index (χ0v) is 15.8. The Kier molecular flexibility index (Phi) is 14.8. The Bertz CT molecular complexity index is 511. The third-order valence-corrected chi connectivity index (χ3v) is 2.53. The van der Waals surface area contributed by atoms with Crippen LogP contribution < -0.4 is 0 Å². The van der Waals surface area contributed by atoms with Crippen LogP contribution in [0.2, 0.25) is 0 Å². The maximum atomic E-state index is 9.86. The number of hydrogen-bond acceptors (Lipinski definition) is 5. The Balaban J connectivity index is 0. The number of rotatable bonds is 5. The van der Waals surface area contributed by atoms with Crippen molar-refractivity contribution < 1.29 is 46.0 Å². The first-order valence-electron chi connectivity index (χ1n) is 7.00. The molecule has 1 atom stereocenters. The van der Waals surface area contributed by atoms with Gasteiger partial charge in [0.2, 0.25) is 6.10 Å². The maximum Gasteiger partial charge on any atom is 0.545 e. The summed E-state index contributed by atoms with van der Waals surface area (Å²) in [6, 6.07) is 0. The van der Waals surface area contributed by atoms with Crippen LogP contribution in [0.4, 0.5) is 0 Å². The first-order chi connectivity index (χ1) is 10.9. The van der Waals surface area contributed by atoms with E-state index in [2.05, 4.69) is 23.8 Å². The van der Waals surface area contributed by atoms with E-state index in [9.17, 15) is 9.59 Å². The third kappa shape index (κ3) is 12.5. The van der Waals surface area contributed by atoms with Crippen molar-refractivity contribution in [2.75, 3.05) is 0 Å². The zero-order valence-electron chi connectivity index (χ0n) is 13.5. The van der Waals surface area contributed by atoms with Crippen molar-refractivity contribution in [2.24, 2.45) is 0 Å². The van der Waals surface area contributed by atoms with Gasteiger partial charge in [0, 0.05) is 68.5 Å². The summed E-state index contributed by atoms with van der Waals surface area (Å²) < 4.78 is 4.03. The SMILES string of the molecule is CCn1ccnc1.CCn1ccnc1.O=C([OH2+])CC(O)C(=O)[OH2+].[Pt]. The average Bonchev–Trinajstić information content (AvgIpc) is 3.21. The van der Waals surface area contributed by atoms with Gasteiger partial charge in [-0.1, -0.05) is 0 Å². The molecule has 0 radical (unpaired) electrons. The van der Waals surface area contributed by atoms with E-state index in [-0.39, 0.29) is 21.1 Å². The Labute approximate surface area is 154 Å². The van der Waals surface area contributed by atoms with Crippen molar-refractivity contribution in [3.63, 3.8) is 0 Å². The van der Waals surface area contributed by atoms with Gasteiger partial charge in [0.25, 0.3) is 0 Å². The number of nitrogens with zero attached hydrogens (tertiary/aromatic N) is 4. The van der Waals surface area contributed by atoms with Gasteiger partial charge >= 0.3 is 11.9 Å². The fraction of sp³-hybridized carbons (Fsp3) is 0.429. The van der Waals surface area contributed by atoms with Crippen LogP contribution in [0.1, 0.15) is 20.3 Å². The molecule has 1 unspecified atom stereocenters. The molecule has 0 amide bonds. The smallest absolute Gasteiger partial charge is 0.545 e. The minimum absolute atomic E-state index is 0. The molecule has 2 heterocycles. The quantitative estimate of drug-likeness (QED) is 0.504.